The van der Waals surface area contributed by atoms with Crippen molar-refractivity contribution in [1.29, 1.82) is 0 Å². The lowest BCUT2D eigenvalue weighted by Crippen LogP contribution is -2.00. The second kappa shape index (κ2) is 4.79. The molecule has 1 aromatic heterocycles. The van der Waals surface area contributed by atoms with Crippen LogP contribution in [0.5, 0.6) is 11.5 Å². The van der Waals surface area contributed by atoms with E-state index < -0.39 is 0 Å². The standard InChI is InChI=1S/C12H11BrO4/c1-15-10-4-8-7(6-13)3-12(14)17-9(8)5-11(10)16-2/h3-5H,6H2,1-2H3. The second-order valence-electron chi connectivity index (χ2n) is 3.43. The number of hydrogen-bond acceptors (Lipinski definition) is 4. The van der Waals surface area contributed by atoms with E-state index in [1.807, 2.05) is 0 Å². The maximum atomic E-state index is 11.4. The van der Waals surface area contributed by atoms with E-state index in [0.29, 0.717) is 22.4 Å². The molecule has 0 aliphatic rings. The van der Waals surface area contributed by atoms with Crippen LogP contribution < -0.4 is 15.1 Å². The fourth-order valence-corrected chi connectivity index (χ4v) is 2.13. The van der Waals surface area contributed by atoms with E-state index in [9.17, 15) is 4.79 Å². The van der Waals surface area contributed by atoms with Gasteiger partial charge in [-0.25, -0.2) is 4.79 Å². The van der Waals surface area contributed by atoms with E-state index in [1.165, 1.54) is 13.2 Å². The molecule has 0 unspecified atom stereocenters. The molecule has 90 valence electrons. The van der Waals surface area contributed by atoms with Gasteiger partial charge < -0.3 is 13.9 Å². The maximum absolute atomic E-state index is 11.4. The van der Waals surface area contributed by atoms with Crippen molar-refractivity contribution in [2.45, 2.75) is 5.33 Å². The number of halogens is 1. The molecule has 0 spiro atoms. The van der Waals surface area contributed by atoms with Crippen molar-refractivity contribution < 1.29 is 13.9 Å². The second-order valence-corrected chi connectivity index (χ2v) is 3.99. The molecule has 0 saturated carbocycles. The van der Waals surface area contributed by atoms with Crippen LogP contribution in [0.3, 0.4) is 0 Å². The van der Waals surface area contributed by atoms with Crippen molar-refractivity contribution in [3.05, 3.63) is 34.2 Å². The van der Waals surface area contributed by atoms with Gasteiger partial charge >= 0.3 is 5.63 Å². The summed E-state index contributed by atoms with van der Waals surface area (Å²) >= 11 is 3.34. The number of fused-ring (bicyclic) bond motifs is 1. The molecule has 0 aliphatic heterocycles. The molecule has 1 heterocycles. The van der Waals surface area contributed by atoms with E-state index in [1.54, 1.807) is 19.2 Å². The Hall–Kier alpha value is -1.49. The molecule has 0 bridgehead atoms. The van der Waals surface area contributed by atoms with Crippen LogP contribution in [-0.4, -0.2) is 14.2 Å². The number of rotatable bonds is 3. The first-order valence-corrected chi connectivity index (χ1v) is 6.06. The molecule has 2 rings (SSSR count). The molecular formula is C12H11BrO4. The summed E-state index contributed by atoms with van der Waals surface area (Å²) in [5, 5.41) is 1.41. The zero-order valence-electron chi connectivity index (χ0n) is 9.45. The molecule has 0 fully saturated rings. The third-order valence-electron chi connectivity index (χ3n) is 2.48. The minimum Gasteiger partial charge on any atom is -0.493 e. The van der Waals surface area contributed by atoms with Crippen molar-refractivity contribution in [3.63, 3.8) is 0 Å². The predicted molar refractivity (Wildman–Crippen MR) is 68.2 cm³/mol. The highest BCUT2D eigenvalue weighted by Crippen LogP contribution is 2.33. The van der Waals surface area contributed by atoms with E-state index in [-0.39, 0.29) is 5.63 Å². The molecule has 0 atom stereocenters. The molecule has 5 heteroatoms. The molecule has 2 aromatic rings. The highest BCUT2D eigenvalue weighted by Gasteiger charge is 2.11. The number of hydrogen-bond donors (Lipinski definition) is 0. The number of methoxy groups -OCH3 is 2. The van der Waals surface area contributed by atoms with Crippen LogP contribution in [-0.2, 0) is 5.33 Å². The van der Waals surface area contributed by atoms with Gasteiger partial charge in [0.25, 0.3) is 0 Å². The average molecular weight is 299 g/mol. The fourth-order valence-electron chi connectivity index (χ4n) is 1.66. The summed E-state index contributed by atoms with van der Waals surface area (Å²) in [6, 6.07) is 4.92. The number of alkyl halides is 1. The van der Waals surface area contributed by atoms with Gasteiger partial charge in [-0.3, -0.25) is 0 Å². The summed E-state index contributed by atoms with van der Waals surface area (Å²) in [5.41, 5.74) is 0.973. The van der Waals surface area contributed by atoms with Crippen molar-refractivity contribution >= 4 is 26.9 Å². The van der Waals surface area contributed by atoms with Gasteiger partial charge in [-0.05, 0) is 11.6 Å². The Morgan fingerprint density at radius 1 is 1.18 bits per heavy atom. The van der Waals surface area contributed by atoms with E-state index in [0.717, 1.165) is 10.9 Å². The lowest BCUT2D eigenvalue weighted by molar-refractivity contribution is 0.355. The summed E-state index contributed by atoms with van der Waals surface area (Å²) in [6.07, 6.45) is 0. The molecular weight excluding hydrogens is 288 g/mol. The van der Waals surface area contributed by atoms with Gasteiger partial charge in [0.05, 0.1) is 14.2 Å². The van der Waals surface area contributed by atoms with Crippen LogP contribution in [0.2, 0.25) is 0 Å². The number of ether oxygens (including phenoxy) is 2. The Balaban J connectivity index is 2.82. The highest BCUT2D eigenvalue weighted by atomic mass is 79.9. The van der Waals surface area contributed by atoms with Crippen LogP contribution in [0, 0.1) is 0 Å². The van der Waals surface area contributed by atoms with Gasteiger partial charge in [0, 0.05) is 22.8 Å². The van der Waals surface area contributed by atoms with Gasteiger partial charge in [-0.1, -0.05) is 15.9 Å². The SMILES string of the molecule is COc1cc2oc(=O)cc(CBr)c2cc1OC. The molecule has 1 aromatic carbocycles. The predicted octanol–water partition coefficient (Wildman–Crippen LogP) is 2.71. The van der Waals surface area contributed by atoms with Crippen LogP contribution in [0.4, 0.5) is 0 Å². The van der Waals surface area contributed by atoms with Gasteiger partial charge in [-0.15, -0.1) is 0 Å². The van der Waals surface area contributed by atoms with E-state index >= 15 is 0 Å². The molecule has 4 nitrogen and oxygen atoms in total. The summed E-state index contributed by atoms with van der Waals surface area (Å²) in [7, 11) is 3.10. The van der Waals surface area contributed by atoms with Crippen molar-refractivity contribution in [2.24, 2.45) is 0 Å². The Morgan fingerprint density at radius 3 is 2.41 bits per heavy atom. The van der Waals surface area contributed by atoms with Gasteiger partial charge in [0.15, 0.2) is 11.5 Å². The average Bonchev–Trinajstić information content (AvgIpc) is 2.35. The van der Waals surface area contributed by atoms with Gasteiger partial charge in [0.2, 0.25) is 0 Å². The topological polar surface area (TPSA) is 48.7 Å². The Morgan fingerprint density at radius 2 is 1.82 bits per heavy atom. The summed E-state index contributed by atoms with van der Waals surface area (Å²) in [6.45, 7) is 0. The van der Waals surface area contributed by atoms with Crippen LogP contribution in [0.15, 0.2) is 27.4 Å². The van der Waals surface area contributed by atoms with E-state index in [2.05, 4.69) is 15.9 Å². The van der Waals surface area contributed by atoms with Crippen LogP contribution >= 0.6 is 15.9 Å². The number of benzene rings is 1. The zero-order valence-corrected chi connectivity index (χ0v) is 11.0. The molecule has 0 radical (unpaired) electrons. The molecule has 0 N–H and O–H groups in total. The molecule has 0 aliphatic carbocycles. The first kappa shape index (κ1) is 12.0. The van der Waals surface area contributed by atoms with Crippen molar-refractivity contribution in [3.8, 4) is 11.5 Å². The highest BCUT2D eigenvalue weighted by molar-refractivity contribution is 9.08. The first-order chi connectivity index (χ1) is 8.19. The zero-order chi connectivity index (χ0) is 12.4. The molecule has 17 heavy (non-hydrogen) atoms. The van der Waals surface area contributed by atoms with Crippen molar-refractivity contribution in [2.75, 3.05) is 14.2 Å². The molecule has 0 amide bonds. The van der Waals surface area contributed by atoms with Crippen LogP contribution in [0.25, 0.3) is 11.0 Å². The quantitative estimate of drug-likeness (QED) is 0.646. The maximum Gasteiger partial charge on any atom is 0.336 e. The lowest BCUT2D eigenvalue weighted by atomic mass is 10.1. The smallest absolute Gasteiger partial charge is 0.336 e. The Bertz CT molecular complexity index is 603. The summed E-state index contributed by atoms with van der Waals surface area (Å²) in [4.78, 5) is 11.4. The minimum atomic E-state index is -0.376. The fraction of sp³-hybridized carbons (Fsp3) is 0.250. The largest absolute Gasteiger partial charge is 0.493 e. The lowest BCUT2D eigenvalue weighted by Gasteiger charge is -2.09. The summed E-state index contributed by atoms with van der Waals surface area (Å²) < 4.78 is 15.5. The van der Waals surface area contributed by atoms with Crippen LogP contribution in [0.1, 0.15) is 5.56 Å². The van der Waals surface area contributed by atoms with Gasteiger partial charge in [-0.2, -0.15) is 0 Å². The Labute approximate surface area is 106 Å². The Kier molecular flexibility index (Phi) is 3.38. The van der Waals surface area contributed by atoms with E-state index in [4.69, 9.17) is 13.9 Å². The van der Waals surface area contributed by atoms with Crippen molar-refractivity contribution in [1.82, 2.24) is 0 Å². The monoisotopic (exact) mass is 298 g/mol. The first-order valence-electron chi connectivity index (χ1n) is 4.94. The third-order valence-corrected chi connectivity index (χ3v) is 3.08. The molecule has 0 saturated heterocycles. The third kappa shape index (κ3) is 2.15. The summed E-state index contributed by atoms with van der Waals surface area (Å²) in [5.74, 6) is 1.14. The normalized spacial score (nSPS) is 10.5. The minimum absolute atomic E-state index is 0.376. The van der Waals surface area contributed by atoms with Gasteiger partial charge in [0.1, 0.15) is 5.58 Å².